The molecule has 14 rings (SSSR count). The van der Waals surface area contributed by atoms with Crippen LogP contribution in [0.2, 0.25) is 0 Å². The smallest absolute Gasteiger partial charge is 0.0714 e. The molecule has 1 aliphatic carbocycles. The maximum absolute atomic E-state index is 2.47. The number of aromatic nitrogens is 1. The summed E-state index contributed by atoms with van der Waals surface area (Å²) in [6, 6.07) is 107. The Hall–Kier alpha value is -9.50. The molecule has 0 saturated heterocycles. The Labute approximate surface area is 426 Å². The summed E-state index contributed by atoms with van der Waals surface area (Å²) in [5, 5.41) is 4.90. The van der Waals surface area contributed by atoms with E-state index in [0.29, 0.717) is 0 Å². The van der Waals surface area contributed by atoms with Crippen molar-refractivity contribution in [3.05, 3.63) is 313 Å². The van der Waals surface area contributed by atoms with Gasteiger partial charge in [-0.15, -0.1) is 0 Å². The van der Waals surface area contributed by atoms with E-state index in [1.54, 1.807) is 0 Å². The van der Waals surface area contributed by atoms with Crippen LogP contribution in [0.15, 0.2) is 291 Å². The van der Waals surface area contributed by atoms with E-state index in [2.05, 4.69) is 301 Å². The molecular formula is C71H48N2. The van der Waals surface area contributed by atoms with Gasteiger partial charge >= 0.3 is 0 Å². The highest BCUT2D eigenvalue weighted by molar-refractivity contribution is 6.10. The van der Waals surface area contributed by atoms with Crippen LogP contribution < -0.4 is 4.90 Å². The number of rotatable bonds is 9. The summed E-state index contributed by atoms with van der Waals surface area (Å²) >= 11 is 0. The van der Waals surface area contributed by atoms with E-state index in [1.807, 2.05) is 0 Å². The van der Waals surface area contributed by atoms with Gasteiger partial charge in [0.05, 0.1) is 16.4 Å². The van der Waals surface area contributed by atoms with Crippen molar-refractivity contribution in [1.82, 2.24) is 4.57 Å². The molecule has 2 heteroatoms. The van der Waals surface area contributed by atoms with Crippen LogP contribution in [-0.4, -0.2) is 4.57 Å². The molecule has 13 aromatic rings. The summed E-state index contributed by atoms with van der Waals surface area (Å²) in [7, 11) is 0. The molecular weight excluding hydrogens is 881 g/mol. The molecule has 342 valence electrons. The van der Waals surface area contributed by atoms with Gasteiger partial charge in [-0.3, -0.25) is 0 Å². The summed E-state index contributed by atoms with van der Waals surface area (Å²) < 4.78 is 2.37. The van der Waals surface area contributed by atoms with Crippen LogP contribution >= 0.6 is 0 Å². The first-order chi connectivity index (χ1) is 36.2. The Morgan fingerprint density at radius 2 is 0.767 bits per heavy atom. The number of para-hydroxylation sites is 2. The van der Waals surface area contributed by atoms with Gasteiger partial charge < -0.3 is 9.47 Å². The Balaban J connectivity index is 0.897. The summed E-state index contributed by atoms with van der Waals surface area (Å²) in [5.74, 6) is 0. The lowest BCUT2D eigenvalue weighted by atomic mass is 9.67. The molecule has 0 radical (unpaired) electrons. The fraction of sp³-hybridized carbons (Fsp3) is 0.0141. The summed E-state index contributed by atoms with van der Waals surface area (Å²) in [6.45, 7) is 0. The van der Waals surface area contributed by atoms with Crippen molar-refractivity contribution >= 4 is 49.6 Å². The number of nitrogens with zero attached hydrogens (tertiary/aromatic N) is 2. The van der Waals surface area contributed by atoms with Gasteiger partial charge in [-0.25, -0.2) is 0 Å². The average molecular weight is 929 g/mol. The van der Waals surface area contributed by atoms with Crippen LogP contribution in [0.3, 0.4) is 0 Å². The number of hydrogen-bond donors (Lipinski definition) is 0. The highest BCUT2D eigenvalue weighted by Gasteiger charge is 2.46. The van der Waals surface area contributed by atoms with Crippen molar-refractivity contribution in [3.63, 3.8) is 0 Å². The van der Waals surface area contributed by atoms with Crippen LogP contribution in [0, 0.1) is 0 Å². The lowest BCUT2D eigenvalue weighted by Gasteiger charge is -2.35. The molecule has 0 spiro atoms. The van der Waals surface area contributed by atoms with Crippen molar-refractivity contribution in [3.8, 4) is 50.2 Å². The van der Waals surface area contributed by atoms with Crippen molar-refractivity contribution in [1.29, 1.82) is 0 Å². The van der Waals surface area contributed by atoms with E-state index < -0.39 is 5.41 Å². The molecule has 2 nitrogen and oxygen atoms in total. The SMILES string of the molecule is c1ccc(-c2ccc3cc(N(c4cccc(-c5ccc(-c6ccc7c(c6)c6ccccc6n7-c6ccccc6)cc5)c4)c4ccc5c(c4)C(c4ccccc4)(c4ccccc4)c4ccccc4-5)ccc3c2)cc1. The standard InChI is InChI=1S/C71H48N2/c1-5-18-49(19-6-1)53-36-37-55-46-61(40-38-54(55)44-53)72(62-41-42-64-63-28-13-15-30-67(63)71(68(64)48-62,57-21-7-2-8-22-57)58-23-9-3-10-24-58)60-27-17-20-52(45-60)50-32-34-51(35-33-50)56-39-43-70-66(47-56)65-29-14-16-31-69(65)73(70)59-25-11-4-12-26-59/h1-48H. The van der Waals surface area contributed by atoms with Crippen LogP contribution in [-0.2, 0) is 5.41 Å². The van der Waals surface area contributed by atoms with Gasteiger partial charge in [0.1, 0.15) is 0 Å². The molecule has 0 unspecified atom stereocenters. The number of anilines is 3. The third-order valence-electron chi connectivity index (χ3n) is 15.2. The zero-order valence-corrected chi connectivity index (χ0v) is 40.1. The van der Waals surface area contributed by atoms with Crippen LogP contribution in [0.4, 0.5) is 17.1 Å². The largest absolute Gasteiger partial charge is 0.310 e. The van der Waals surface area contributed by atoms with Gasteiger partial charge in [0.25, 0.3) is 0 Å². The molecule has 12 aromatic carbocycles. The van der Waals surface area contributed by atoms with Gasteiger partial charge in [-0.1, -0.05) is 218 Å². The minimum absolute atomic E-state index is 0.527. The quantitative estimate of drug-likeness (QED) is 0.140. The molecule has 0 aliphatic heterocycles. The van der Waals surface area contributed by atoms with E-state index in [9.17, 15) is 0 Å². The minimum Gasteiger partial charge on any atom is -0.310 e. The van der Waals surface area contributed by atoms with E-state index >= 15 is 0 Å². The molecule has 1 aromatic heterocycles. The predicted molar refractivity (Wildman–Crippen MR) is 307 cm³/mol. The second-order valence-corrected chi connectivity index (χ2v) is 19.3. The first kappa shape index (κ1) is 42.4. The summed E-state index contributed by atoms with van der Waals surface area (Å²) in [5.41, 5.74) is 21.1. The lowest BCUT2D eigenvalue weighted by Crippen LogP contribution is -2.28. The zero-order chi connectivity index (χ0) is 48.3. The number of hydrogen-bond acceptors (Lipinski definition) is 1. The number of benzene rings is 12. The van der Waals surface area contributed by atoms with Crippen LogP contribution in [0.25, 0.3) is 82.8 Å². The maximum Gasteiger partial charge on any atom is 0.0714 e. The molecule has 1 aliphatic rings. The van der Waals surface area contributed by atoms with Crippen molar-refractivity contribution < 1.29 is 0 Å². The van der Waals surface area contributed by atoms with Crippen LogP contribution in [0.1, 0.15) is 22.3 Å². The maximum atomic E-state index is 2.47. The Morgan fingerprint density at radius 3 is 1.52 bits per heavy atom. The molecule has 73 heavy (non-hydrogen) atoms. The second-order valence-electron chi connectivity index (χ2n) is 19.3. The fourth-order valence-corrected chi connectivity index (χ4v) is 11.9. The van der Waals surface area contributed by atoms with Crippen molar-refractivity contribution in [2.75, 3.05) is 4.90 Å². The topological polar surface area (TPSA) is 8.17 Å². The van der Waals surface area contributed by atoms with Gasteiger partial charge in [0.15, 0.2) is 0 Å². The lowest BCUT2D eigenvalue weighted by molar-refractivity contribution is 0.768. The van der Waals surface area contributed by atoms with Gasteiger partial charge in [-0.05, 0) is 150 Å². The Morgan fingerprint density at radius 1 is 0.274 bits per heavy atom. The minimum atomic E-state index is -0.527. The van der Waals surface area contributed by atoms with Gasteiger partial charge in [0, 0.05) is 33.5 Å². The van der Waals surface area contributed by atoms with Crippen LogP contribution in [0.5, 0.6) is 0 Å². The monoisotopic (exact) mass is 928 g/mol. The fourth-order valence-electron chi connectivity index (χ4n) is 11.9. The number of fused-ring (bicyclic) bond motifs is 7. The Bertz CT molecular complexity index is 4140. The highest BCUT2D eigenvalue weighted by Crippen LogP contribution is 2.57. The summed E-state index contributed by atoms with van der Waals surface area (Å²) in [4.78, 5) is 2.45. The van der Waals surface area contributed by atoms with E-state index in [4.69, 9.17) is 0 Å². The summed E-state index contributed by atoms with van der Waals surface area (Å²) in [6.07, 6.45) is 0. The zero-order valence-electron chi connectivity index (χ0n) is 40.1. The molecule has 0 fully saturated rings. The first-order valence-corrected chi connectivity index (χ1v) is 25.2. The van der Waals surface area contributed by atoms with E-state index in [-0.39, 0.29) is 0 Å². The molecule has 1 heterocycles. The van der Waals surface area contributed by atoms with E-state index in [0.717, 1.165) is 28.2 Å². The second kappa shape index (κ2) is 17.4. The first-order valence-electron chi connectivity index (χ1n) is 25.2. The predicted octanol–water partition coefficient (Wildman–Crippen LogP) is 18.8. The van der Waals surface area contributed by atoms with Gasteiger partial charge in [-0.2, -0.15) is 0 Å². The third-order valence-corrected chi connectivity index (χ3v) is 15.2. The molecule has 0 N–H and O–H groups in total. The van der Waals surface area contributed by atoms with Crippen molar-refractivity contribution in [2.24, 2.45) is 0 Å². The molecule has 0 atom stereocenters. The Kier molecular flexibility index (Phi) is 10.1. The van der Waals surface area contributed by atoms with E-state index in [1.165, 1.54) is 93.9 Å². The highest BCUT2D eigenvalue weighted by atomic mass is 15.1. The average Bonchev–Trinajstić information content (AvgIpc) is 3.96. The molecule has 0 bridgehead atoms. The normalized spacial score (nSPS) is 12.5. The van der Waals surface area contributed by atoms with Crippen molar-refractivity contribution in [2.45, 2.75) is 5.41 Å². The van der Waals surface area contributed by atoms with Gasteiger partial charge in [0.2, 0.25) is 0 Å². The molecule has 0 amide bonds. The molecule has 0 saturated carbocycles. The third kappa shape index (κ3) is 7.02.